The molecule has 0 atom stereocenters. The second kappa shape index (κ2) is 13.1. The summed E-state index contributed by atoms with van der Waals surface area (Å²) in [6.45, 7) is 6.00. The molecule has 0 radical (unpaired) electrons. The van der Waals surface area contributed by atoms with E-state index in [9.17, 15) is 8.42 Å². The summed E-state index contributed by atoms with van der Waals surface area (Å²) >= 11 is 0. The fourth-order valence-corrected chi connectivity index (χ4v) is 4.90. The van der Waals surface area contributed by atoms with Crippen molar-refractivity contribution < 1.29 is 17.7 Å². The summed E-state index contributed by atoms with van der Waals surface area (Å²) in [6, 6.07) is 9.77. The number of benzene rings is 1. The van der Waals surface area contributed by atoms with Crippen molar-refractivity contribution in [1.29, 1.82) is 0 Å². The van der Waals surface area contributed by atoms with Crippen LogP contribution >= 0.6 is 24.0 Å². The number of hydrogen-bond acceptors (Lipinski definition) is 6. The maximum absolute atomic E-state index is 12.6. The molecule has 1 aromatic carbocycles. The first-order chi connectivity index (χ1) is 15.0. The zero-order valence-electron chi connectivity index (χ0n) is 18.6. The number of aliphatic imine (C=N–C) groups is 1. The van der Waals surface area contributed by atoms with E-state index in [4.69, 9.17) is 9.26 Å². The van der Waals surface area contributed by atoms with E-state index in [-0.39, 0.29) is 29.7 Å². The van der Waals surface area contributed by atoms with E-state index in [0.717, 1.165) is 30.1 Å². The first-order valence-electron chi connectivity index (χ1n) is 10.5. The summed E-state index contributed by atoms with van der Waals surface area (Å²) in [6.07, 6.45) is 2.37. The van der Waals surface area contributed by atoms with Crippen LogP contribution in [0.2, 0.25) is 0 Å². The van der Waals surface area contributed by atoms with E-state index in [2.05, 4.69) is 39.4 Å². The summed E-state index contributed by atoms with van der Waals surface area (Å²) < 4.78 is 37.2. The smallest absolute Gasteiger partial charge is 0.220 e. The van der Waals surface area contributed by atoms with Crippen molar-refractivity contribution in [2.45, 2.75) is 32.2 Å². The number of ether oxygens (including phenoxy) is 1. The highest BCUT2D eigenvalue weighted by molar-refractivity contribution is 14.0. The number of nitrogens with zero attached hydrogens (tertiary/aromatic N) is 4. The SMILES string of the molecule is CCCOCc1ccccc1CNC(=NC)N1CCN(S(=O)(=O)Cc2ccon2)CC1.I. The quantitative estimate of drug-likeness (QED) is 0.212. The van der Waals surface area contributed by atoms with E-state index >= 15 is 0 Å². The Labute approximate surface area is 207 Å². The van der Waals surface area contributed by atoms with Gasteiger partial charge in [-0.25, -0.2) is 8.42 Å². The number of halogens is 1. The molecular weight excluding hydrogens is 545 g/mol. The molecule has 3 rings (SSSR count). The summed E-state index contributed by atoms with van der Waals surface area (Å²) in [4.78, 5) is 6.47. The lowest BCUT2D eigenvalue weighted by molar-refractivity contribution is 0.121. The minimum absolute atomic E-state index is 0. The molecule has 1 saturated heterocycles. The number of hydrogen-bond donors (Lipinski definition) is 1. The van der Waals surface area contributed by atoms with Gasteiger partial charge in [-0.1, -0.05) is 36.3 Å². The average molecular weight is 577 g/mol. The summed E-state index contributed by atoms with van der Waals surface area (Å²) in [5, 5.41) is 7.11. The van der Waals surface area contributed by atoms with Gasteiger partial charge in [-0.15, -0.1) is 24.0 Å². The Kier molecular flexibility index (Phi) is 10.9. The van der Waals surface area contributed by atoms with Crippen LogP contribution in [0.3, 0.4) is 0 Å². The van der Waals surface area contributed by atoms with E-state index in [1.165, 1.54) is 10.6 Å². The van der Waals surface area contributed by atoms with Gasteiger partial charge >= 0.3 is 0 Å². The molecule has 2 aromatic rings. The third-order valence-electron chi connectivity index (χ3n) is 5.13. The van der Waals surface area contributed by atoms with Crippen LogP contribution < -0.4 is 5.32 Å². The molecule has 32 heavy (non-hydrogen) atoms. The molecule has 2 heterocycles. The third kappa shape index (κ3) is 7.42. The van der Waals surface area contributed by atoms with Crippen molar-refractivity contribution in [2.75, 3.05) is 39.8 Å². The van der Waals surface area contributed by atoms with E-state index in [1.54, 1.807) is 13.1 Å². The zero-order chi connectivity index (χ0) is 22.1. The van der Waals surface area contributed by atoms with Crippen molar-refractivity contribution in [3.63, 3.8) is 0 Å². The molecule has 1 fully saturated rings. The predicted molar refractivity (Wildman–Crippen MR) is 134 cm³/mol. The molecule has 0 aliphatic carbocycles. The van der Waals surface area contributed by atoms with Gasteiger partial charge in [-0.2, -0.15) is 4.31 Å². The minimum Gasteiger partial charge on any atom is -0.377 e. The molecule has 0 bridgehead atoms. The molecule has 0 unspecified atom stereocenters. The van der Waals surface area contributed by atoms with Crippen LogP contribution in [0, 0.1) is 0 Å². The topological polar surface area (TPSA) is 100 Å². The number of aromatic nitrogens is 1. The van der Waals surface area contributed by atoms with Gasteiger partial charge in [-0.3, -0.25) is 4.99 Å². The minimum atomic E-state index is -3.42. The fraction of sp³-hybridized carbons (Fsp3) is 0.524. The van der Waals surface area contributed by atoms with Crippen molar-refractivity contribution >= 4 is 40.0 Å². The van der Waals surface area contributed by atoms with Gasteiger partial charge in [0.25, 0.3) is 0 Å². The fourth-order valence-electron chi connectivity index (χ4n) is 3.47. The van der Waals surface area contributed by atoms with Gasteiger partial charge < -0.3 is 19.5 Å². The summed E-state index contributed by atoms with van der Waals surface area (Å²) in [5.41, 5.74) is 2.73. The lowest BCUT2D eigenvalue weighted by Crippen LogP contribution is -2.53. The van der Waals surface area contributed by atoms with Crippen LogP contribution in [-0.2, 0) is 33.7 Å². The van der Waals surface area contributed by atoms with Crippen molar-refractivity contribution in [3.8, 4) is 0 Å². The Bertz CT molecular complexity index is 945. The highest BCUT2D eigenvalue weighted by atomic mass is 127. The van der Waals surface area contributed by atoms with Crippen molar-refractivity contribution in [1.82, 2.24) is 19.7 Å². The van der Waals surface area contributed by atoms with E-state index in [1.807, 2.05) is 12.1 Å². The highest BCUT2D eigenvalue weighted by Gasteiger charge is 2.29. The number of piperazine rings is 1. The molecule has 178 valence electrons. The lowest BCUT2D eigenvalue weighted by atomic mass is 10.1. The van der Waals surface area contributed by atoms with Gasteiger partial charge in [0.1, 0.15) is 12.0 Å². The maximum atomic E-state index is 12.6. The Morgan fingerprint density at radius 2 is 1.91 bits per heavy atom. The Morgan fingerprint density at radius 1 is 1.19 bits per heavy atom. The number of guanidine groups is 1. The average Bonchev–Trinajstić information content (AvgIpc) is 3.28. The van der Waals surface area contributed by atoms with Crippen LogP contribution in [0.15, 0.2) is 46.1 Å². The molecule has 0 amide bonds. The maximum Gasteiger partial charge on any atom is 0.220 e. The molecule has 1 aliphatic rings. The van der Waals surface area contributed by atoms with Gasteiger partial charge in [-0.05, 0) is 17.5 Å². The van der Waals surface area contributed by atoms with Gasteiger partial charge in [0.15, 0.2) is 5.96 Å². The van der Waals surface area contributed by atoms with Crippen LogP contribution in [0.1, 0.15) is 30.2 Å². The van der Waals surface area contributed by atoms with Gasteiger partial charge in [0.2, 0.25) is 10.0 Å². The summed E-state index contributed by atoms with van der Waals surface area (Å²) in [5.74, 6) is 0.616. The van der Waals surface area contributed by atoms with Crippen molar-refractivity contribution in [3.05, 3.63) is 53.4 Å². The Balaban J connectivity index is 0.00000363. The predicted octanol–water partition coefficient (Wildman–Crippen LogP) is 2.44. The monoisotopic (exact) mass is 577 g/mol. The zero-order valence-corrected chi connectivity index (χ0v) is 21.7. The molecule has 1 aromatic heterocycles. The lowest BCUT2D eigenvalue weighted by Gasteiger charge is -2.35. The molecule has 11 heteroatoms. The number of nitrogens with one attached hydrogen (secondary N) is 1. The largest absolute Gasteiger partial charge is 0.377 e. The number of rotatable bonds is 9. The van der Waals surface area contributed by atoms with E-state index < -0.39 is 10.0 Å². The van der Waals surface area contributed by atoms with Crippen LogP contribution in [-0.4, -0.2) is 68.6 Å². The summed E-state index contributed by atoms with van der Waals surface area (Å²) in [7, 11) is -1.68. The standard InChI is InChI=1S/C21H31N5O4S.HI/c1-3-13-29-16-19-7-5-4-6-18(19)15-23-21(22-2)25-9-11-26(12-10-25)31(27,28)17-20-8-14-30-24-20;/h4-8,14H,3,9-13,15-17H2,1-2H3,(H,22,23);1H. The molecule has 9 nitrogen and oxygen atoms in total. The molecule has 1 N–H and O–H groups in total. The first kappa shape index (κ1) is 26.6. The highest BCUT2D eigenvalue weighted by Crippen LogP contribution is 2.14. The number of sulfonamides is 1. The third-order valence-corrected chi connectivity index (χ3v) is 6.94. The van der Waals surface area contributed by atoms with E-state index in [0.29, 0.717) is 45.0 Å². The van der Waals surface area contributed by atoms with Gasteiger partial charge in [0, 0.05) is 52.4 Å². The molecule has 0 spiro atoms. The second-order valence-corrected chi connectivity index (χ2v) is 9.32. The molecular formula is C21H32IN5O4S. The second-order valence-electron chi connectivity index (χ2n) is 7.36. The van der Waals surface area contributed by atoms with Crippen molar-refractivity contribution in [2.24, 2.45) is 4.99 Å². The van der Waals surface area contributed by atoms with Crippen LogP contribution in [0.25, 0.3) is 0 Å². The Morgan fingerprint density at radius 3 is 2.53 bits per heavy atom. The van der Waals surface area contributed by atoms with Crippen LogP contribution in [0.5, 0.6) is 0 Å². The first-order valence-corrected chi connectivity index (χ1v) is 12.1. The molecule has 0 saturated carbocycles. The van der Waals surface area contributed by atoms with Crippen LogP contribution in [0.4, 0.5) is 0 Å². The van der Waals surface area contributed by atoms with Gasteiger partial charge in [0.05, 0.1) is 12.3 Å². The molecule has 1 aliphatic heterocycles. The Hall–Kier alpha value is -1.70. The normalized spacial score (nSPS) is 15.4.